The first-order chi connectivity index (χ1) is 9.15. The van der Waals surface area contributed by atoms with E-state index in [1.165, 1.54) is 6.08 Å². The minimum atomic E-state index is -1.49. The van der Waals surface area contributed by atoms with Crippen LogP contribution in [0.5, 0.6) is 0 Å². The molecule has 0 fully saturated rings. The van der Waals surface area contributed by atoms with E-state index in [0.29, 0.717) is 0 Å². The molecule has 7 heteroatoms. The van der Waals surface area contributed by atoms with Crippen LogP contribution in [0, 0.1) is 0 Å². The van der Waals surface area contributed by atoms with Crippen molar-refractivity contribution in [3.05, 3.63) is 12.7 Å². The molecule has 0 unspecified atom stereocenters. The Balaban J connectivity index is 4.30. The highest BCUT2D eigenvalue weighted by Crippen LogP contribution is 2.07. The van der Waals surface area contributed by atoms with E-state index in [1.807, 2.05) is 0 Å². The zero-order chi connectivity index (χ0) is 15.8. The molecule has 0 saturated carbocycles. The van der Waals surface area contributed by atoms with Crippen molar-refractivity contribution in [1.82, 2.24) is 5.32 Å². The average Bonchev–Trinajstić information content (AvgIpc) is 2.29. The molecule has 114 valence electrons. The highest BCUT2D eigenvalue weighted by atomic mass is 16.6. The summed E-state index contributed by atoms with van der Waals surface area (Å²) in [5, 5.41) is 13.0. The second-order valence-corrected chi connectivity index (χ2v) is 5.03. The van der Waals surface area contributed by atoms with Crippen molar-refractivity contribution in [3.8, 4) is 0 Å². The lowest BCUT2D eigenvalue weighted by Gasteiger charge is -2.24. The van der Waals surface area contributed by atoms with Crippen LogP contribution in [0.1, 0.15) is 33.6 Å². The molecule has 1 N–H and O–H groups in total. The van der Waals surface area contributed by atoms with Crippen LogP contribution in [-0.4, -0.2) is 36.3 Å². The lowest BCUT2D eigenvalue weighted by molar-refractivity contribution is -0.308. The Morgan fingerprint density at radius 1 is 1.35 bits per heavy atom. The molecule has 0 aromatic carbocycles. The predicted octanol–water partition coefficient (Wildman–Crippen LogP) is 0.139. The van der Waals surface area contributed by atoms with E-state index in [-0.39, 0.29) is 19.4 Å². The van der Waals surface area contributed by atoms with Crippen LogP contribution in [0.15, 0.2) is 12.7 Å². The van der Waals surface area contributed by atoms with Crippen LogP contribution in [0.4, 0.5) is 4.79 Å². The first-order valence-corrected chi connectivity index (χ1v) is 6.12. The fourth-order valence-corrected chi connectivity index (χ4v) is 1.18. The minimum absolute atomic E-state index is 0.0499. The Morgan fingerprint density at radius 2 is 1.95 bits per heavy atom. The van der Waals surface area contributed by atoms with Gasteiger partial charge in [0.1, 0.15) is 12.2 Å². The number of amides is 1. The van der Waals surface area contributed by atoms with Crippen molar-refractivity contribution in [2.24, 2.45) is 0 Å². The summed E-state index contributed by atoms with van der Waals surface area (Å²) in [5.41, 5.74) is -0.747. The predicted molar refractivity (Wildman–Crippen MR) is 68.6 cm³/mol. The number of aliphatic carboxylic acids is 1. The quantitative estimate of drug-likeness (QED) is 0.527. The van der Waals surface area contributed by atoms with Crippen LogP contribution in [-0.2, 0) is 19.1 Å². The summed E-state index contributed by atoms with van der Waals surface area (Å²) in [6.07, 6.45) is 0.207. The number of hydrogen-bond donors (Lipinski definition) is 1. The molecule has 1 amide bonds. The van der Waals surface area contributed by atoms with E-state index in [4.69, 9.17) is 9.47 Å². The van der Waals surface area contributed by atoms with Gasteiger partial charge in [-0.3, -0.25) is 4.79 Å². The number of carboxylic acid groups (broad SMARTS) is 1. The Morgan fingerprint density at radius 3 is 2.40 bits per heavy atom. The highest BCUT2D eigenvalue weighted by Gasteiger charge is 2.20. The number of esters is 1. The van der Waals surface area contributed by atoms with E-state index in [9.17, 15) is 19.5 Å². The Kier molecular flexibility index (Phi) is 7.35. The maximum Gasteiger partial charge on any atom is 0.408 e. The number of hydrogen-bond acceptors (Lipinski definition) is 6. The minimum Gasteiger partial charge on any atom is -0.548 e. The van der Waals surface area contributed by atoms with Gasteiger partial charge < -0.3 is 24.7 Å². The van der Waals surface area contributed by atoms with E-state index >= 15 is 0 Å². The monoisotopic (exact) mass is 286 g/mol. The van der Waals surface area contributed by atoms with Gasteiger partial charge in [-0.05, 0) is 27.2 Å². The largest absolute Gasteiger partial charge is 0.548 e. The van der Waals surface area contributed by atoms with Gasteiger partial charge in [0.15, 0.2) is 0 Å². The smallest absolute Gasteiger partial charge is 0.408 e. The highest BCUT2D eigenvalue weighted by molar-refractivity contribution is 5.79. The molecule has 0 spiro atoms. The van der Waals surface area contributed by atoms with E-state index in [0.717, 1.165) is 0 Å². The number of carbonyl (C=O) groups is 3. The fraction of sp³-hybridized carbons (Fsp3) is 0.615. The van der Waals surface area contributed by atoms with Crippen molar-refractivity contribution in [2.45, 2.75) is 45.3 Å². The Labute approximate surface area is 117 Å². The summed E-state index contributed by atoms with van der Waals surface area (Å²) in [5.74, 6) is -2.07. The SMILES string of the molecule is C=CCOC(=O)CC[C@H](NC(=O)OC(C)(C)C)C(=O)[O-]. The summed E-state index contributed by atoms with van der Waals surface area (Å²) < 4.78 is 9.61. The maximum absolute atomic E-state index is 11.4. The van der Waals surface area contributed by atoms with Crippen molar-refractivity contribution in [2.75, 3.05) is 6.61 Å². The van der Waals surface area contributed by atoms with E-state index < -0.39 is 29.7 Å². The second kappa shape index (κ2) is 8.19. The van der Waals surface area contributed by atoms with Crippen LogP contribution in [0.25, 0.3) is 0 Å². The Bertz CT molecular complexity index is 372. The molecule has 20 heavy (non-hydrogen) atoms. The fourth-order valence-electron chi connectivity index (χ4n) is 1.18. The van der Waals surface area contributed by atoms with Crippen LogP contribution in [0.3, 0.4) is 0 Å². The van der Waals surface area contributed by atoms with Gasteiger partial charge >= 0.3 is 12.1 Å². The van der Waals surface area contributed by atoms with Gasteiger partial charge in [0.25, 0.3) is 0 Å². The van der Waals surface area contributed by atoms with Crippen LogP contribution in [0.2, 0.25) is 0 Å². The van der Waals surface area contributed by atoms with Crippen molar-refractivity contribution < 1.29 is 29.0 Å². The molecule has 0 rings (SSSR count). The van der Waals surface area contributed by atoms with E-state index in [2.05, 4.69) is 11.9 Å². The number of carboxylic acids is 1. The zero-order valence-electron chi connectivity index (χ0n) is 11.9. The Hall–Kier alpha value is -2.05. The van der Waals surface area contributed by atoms with Gasteiger partial charge in [0.05, 0.1) is 12.0 Å². The van der Waals surface area contributed by atoms with Gasteiger partial charge in [0, 0.05) is 6.42 Å². The number of ether oxygens (including phenoxy) is 2. The topological polar surface area (TPSA) is 105 Å². The molecule has 0 saturated heterocycles. The summed E-state index contributed by atoms with van der Waals surface area (Å²) in [4.78, 5) is 33.5. The molecule has 0 bridgehead atoms. The third kappa shape index (κ3) is 8.96. The third-order valence-corrected chi connectivity index (χ3v) is 1.97. The summed E-state index contributed by atoms with van der Waals surface area (Å²) in [7, 11) is 0. The standard InChI is InChI=1S/C13H21NO6/c1-5-8-19-10(15)7-6-9(11(16)17)14-12(18)20-13(2,3)4/h5,9H,1,6-8H2,2-4H3,(H,14,18)(H,16,17)/p-1/t9-/m0/s1. The first-order valence-electron chi connectivity index (χ1n) is 6.12. The lowest BCUT2D eigenvalue weighted by Crippen LogP contribution is -2.49. The molecule has 0 aliphatic heterocycles. The molecule has 0 aliphatic rings. The molecule has 0 radical (unpaired) electrons. The van der Waals surface area contributed by atoms with Gasteiger partial charge in [0.2, 0.25) is 0 Å². The zero-order valence-corrected chi connectivity index (χ0v) is 11.9. The normalized spacial score (nSPS) is 12.2. The first kappa shape index (κ1) is 17.9. The van der Waals surface area contributed by atoms with Gasteiger partial charge in [-0.25, -0.2) is 4.79 Å². The molecule has 0 aliphatic carbocycles. The molecule has 7 nitrogen and oxygen atoms in total. The van der Waals surface area contributed by atoms with Crippen LogP contribution >= 0.6 is 0 Å². The number of rotatable bonds is 7. The molecule has 0 heterocycles. The number of alkyl carbamates (subject to hydrolysis) is 1. The third-order valence-electron chi connectivity index (χ3n) is 1.97. The van der Waals surface area contributed by atoms with Gasteiger partial charge in [-0.15, -0.1) is 0 Å². The molecule has 1 atom stereocenters. The molecular weight excluding hydrogens is 266 g/mol. The number of carbonyl (C=O) groups excluding carboxylic acids is 3. The maximum atomic E-state index is 11.4. The molecule has 0 aromatic rings. The van der Waals surface area contributed by atoms with Gasteiger partial charge in [-0.1, -0.05) is 12.7 Å². The second-order valence-electron chi connectivity index (χ2n) is 5.03. The summed E-state index contributed by atoms with van der Waals surface area (Å²) >= 11 is 0. The number of nitrogens with one attached hydrogen (secondary N) is 1. The van der Waals surface area contributed by atoms with E-state index in [1.54, 1.807) is 20.8 Å². The van der Waals surface area contributed by atoms with Gasteiger partial charge in [-0.2, -0.15) is 0 Å². The van der Waals surface area contributed by atoms with Crippen molar-refractivity contribution in [1.29, 1.82) is 0 Å². The lowest BCUT2D eigenvalue weighted by atomic mass is 10.1. The van der Waals surface area contributed by atoms with Crippen molar-refractivity contribution in [3.63, 3.8) is 0 Å². The van der Waals surface area contributed by atoms with Crippen molar-refractivity contribution >= 4 is 18.0 Å². The summed E-state index contributed by atoms with van der Waals surface area (Å²) in [6.45, 7) is 8.36. The molecular formula is C13H20NO6-. The average molecular weight is 286 g/mol. The molecule has 0 aromatic heterocycles. The van der Waals surface area contributed by atoms with Crippen LogP contribution < -0.4 is 10.4 Å². The summed E-state index contributed by atoms with van der Waals surface area (Å²) in [6, 6.07) is -1.32.